The van der Waals surface area contributed by atoms with Crippen LogP contribution in [-0.4, -0.2) is 169 Å². The number of hydrogen-bond donors (Lipinski definition) is 7. The predicted molar refractivity (Wildman–Crippen MR) is 379 cm³/mol. The zero-order chi connectivity index (χ0) is 78.5. The second-order valence-electron chi connectivity index (χ2n) is 26.0. The fourth-order valence-electron chi connectivity index (χ4n) is 9.54. The normalized spacial score (nSPS) is 21.7. The Labute approximate surface area is 734 Å². The Morgan fingerprint density at radius 1 is 0.538 bits per heavy atom. The maximum Gasteiger partial charge on any atom is 1.00 e. The number of benzene rings is 3. The summed E-state index contributed by atoms with van der Waals surface area (Å²) in [6.07, 6.45) is 8.78. The summed E-state index contributed by atoms with van der Waals surface area (Å²) < 4.78 is 171. The molecular formula is C67H81ClCs2F6N12O15S3. The van der Waals surface area contributed by atoms with E-state index in [1.54, 1.807) is 13.8 Å². The molecular weight excluding hydrogens is 1720 g/mol. The summed E-state index contributed by atoms with van der Waals surface area (Å²) in [5, 5.41) is 42.8. The topological polar surface area (TPSA) is 444 Å². The van der Waals surface area contributed by atoms with Gasteiger partial charge in [0.15, 0.2) is 47.0 Å². The van der Waals surface area contributed by atoms with E-state index in [9.17, 15) is 56.7 Å². The van der Waals surface area contributed by atoms with E-state index in [0.29, 0.717) is 5.56 Å². The van der Waals surface area contributed by atoms with Crippen molar-refractivity contribution in [1.29, 1.82) is 0 Å². The van der Waals surface area contributed by atoms with Gasteiger partial charge in [0, 0.05) is 16.7 Å². The first-order valence-electron chi connectivity index (χ1n) is 31.1. The molecule has 3 aromatic carbocycles. The predicted octanol–water partition coefficient (Wildman–Crippen LogP) is 0.675. The van der Waals surface area contributed by atoms with E-state index in [4.69, 9.17) is 63.6 Å². The molecule has 9 rings (SSSR count). The summed E-state index contributed by atoms with van der Waals surface area (Å²) in [7, 11) is -11.2. The first-order chi connectivity index (χ1) is 48.1. The number of amidine groups is 3. The van der Waals surface area contributed by atoms with Crippen molar-refractivity contribution in [1.82, 2.24) is 29.9 Å². The van der Waals surface area contributed by atoms with Crippen LogP contribution < -0.4 is 170 Å². The number of aliphatic hydroxyl groups excluding tert-OH is 4. The number of aromatic nitrogens is 6. The molecule has 0 fully saturated rings. The zero-order valence-electron chi connectivity index (χ0n) is 61.4. The first-order valence-corrected chi connectivity index (χ1v) is 36.4. The van der Waals surface area contributed by atoms with E-state index in [0.717, 1.165) is 48.8 Å². The molecule has 6 atom stereocenters. The molecule has 6 heterocycles. The Bertz CT molecular complexity index is 4640. The summed E-state index contributed by atoms with van der Waals surface area (Å²) >= 11 is 5.64. The van der Waals surface area contributed by atoms with Crippen LogP contribution in [0.5, 0.6) is 11.8 Å². The van der Waals surface area contributed by atoms with Crippen LogP contribution >= 0.6 is 11.6 Å². The van der Waals surface area contributed by atoms with Crippen LogP contribution in [0.4, 0.5) is 26.3 Å². The number of carbonyl (C=O) groups excluding carboxylic acids is 1. The zero-order valence-corrected chi connectivity index (χ0v) is 76.1. The van der Waals surface area contributed by atoms with Gasteiger partial charge in [-0.25, -0.2) is 81.5 Å². The van der Waals surface area contributed by atoms with Gasteiger partial charge in [-0.1, -0.05) is 29.8 Å². The van der Waals surface area contributed by atoms with E-state index >= 15 is 0 Å². The molecule has 568 valence electrons. The van der Waals surface area contributed by atoms with Crippen molar-refractivity contribution in [2.24, 2.45) is 32.2 Å². The van der Waals surface area contributed by atoms with Crippen LogP contribution in [-0.2, 0) is 55.8 Å². The minimum atomic E-state index is -3.73. The number of halogens is 7. The molecule has 27 nitrogen and oxygen atoms in total. The Morgan fingerprint density at radius 3 is 1.08 bits per heavy atom. The van der Waals surface area contributed by atoms with Gasteiger partial charge < -0.3 is 58.7 Å². The molecule has 0 bridgehead atoms. The molecule has 0 spiro atoms. The quantitative estimate of drug-likeness (QED) is 0.0286. The number of carbonyl (C=O) groups is 1. The van der Waals surface area contributed by atoms with Crippen LogP contribution in [0, 0.1) is 17.5 Å². The number of ether oxygens (including phenoxy) is 2. The molecule has 0 saturated heterocycles. The average molecular weight is 1810 g/mol. The monoisotopic (exact) mass is 1800 g/mol. The van der Waals surface area contributed by atoms with Crippen molar-refractivity contribution >= 4 is 101 Å². The van der Waals surface area contributed by atoms with Crippen molar-refractivity contribution in [3.05, 3.63) is 165 Å². The largest absolute Gasteiger partial charge is 1.00 e. The molecule has 10 N–H and O–H groups in total. The Balaban J connectivity index is 0.000000508. The molecule has 0 radical (unpaired) electrons. The van der Waals surface area contributed by atoms with Gasteiger partial charge in [0.05, 0.1) is 79.9 Å². The van der Waals surface area contributed by atoms with Crippen LogP contribution in [0.15, 0.2) is 107 Å². The first kappa shape index (κ1) is 95.4. The Hall–Kier alpha value is -4.78. The van der Waals surface area contributed by atoms with Crippen molar-refractivity contribution in [2.45, 2.75) is 132 Å². The van der Waals surface area contributed by atoms with Crippen LogP contribution in [0.1, 0.15) is 135 Å². The smallest absolute Gasteiger partial charge is 1.00 e. The molecule has 0 amide bonds. The third-order valence-corrected chi connectivity index (χ3v) is 24.6. The minimum absolute atomic E-state index is 0. The van der Waals surface area contributed by atoms with Gasteiger partial charge in [-0.2, -0.15) is 0 Å². The maximum atomic E-state index is 14.8. The molecule has 6 aromatic rings. The van der Waals surface area contributed by atoms with Crippen LogP contribution in [0.2, 0.25) is 5.15 Å². The molecule has 3 aliphatic heterocycles. The van der Waals surface area contributed by atoms with Crippen LogP contribution in [0.25, 0.3) is 35.7 Å². The summed E-state index contributed by atoms with van der Waals surface area (Å²) in [6, 6.07) is 11.5. The number of rotatable bonds is 17. The molecule has 0 aliphatic carbocycles. The van der Waals surface area contributed by atoms with Gasteiger partial charge in [0.1, 0.15) is 101 Å². The number of hydrogen-bond acceptors (Lipinski definition) is 27. The summed E-state index contributed by atoms with van der Waals surface area (Å²) in [6.45, 7) is 17.4. The van der Waals surface area contributed by atoms with Crippen molar-refractivity contribution in [3.8, 4) is 11.8 Å². The molecule has 0 unspecified atom stereocenters. The van der Waals surface area contributed by atoms with Crippen molar-refractivity contribution in [2.75, 3.05) is 37.1 Å². The number of aliphatic hydroxyl groups is 4. The molecule has 39 heteroatoms. The van der Waals surface area contributed by atoms with Gasteiger partial charge in [-0.3, -0.25) is 19.8 Å². The Morgan fingerprint density at radius 2 is 0.840 bits per heavy atom. The van der Waals surface area contributed by atoms with Crippen molar-refractivity contribution in [3.63, 3.8) is 0 Å². The van der Waals surface area contributed by atoms with Crippen LogP contribution in [0.3, 0.4) is 0 Å². The van der Waals surface area contributed by atoms with Crippen molar-refractivity contribution < 1.29 is 236 Å². The fourth-order valence-corrected chi connectivity index (χ4v) is 14.7. The van der Waals surface area contributed by atoms with Gasteiger partial charge in [0.25, 0.3) is 6.47 Å². The van der Waals surface area contributed by atoms with E-state index in [1.807, 2.05) is 0 Å². The number of nitrogens with zero attached hydrogens (tertiary/aromatic N) is 9. The molecule has 3 aliphatic rings. The molecule has 0 saturated carbocycles. The third-order valence-electron chi connectivity index (χ3n) is 16.3. The van der Waals surface area contributed by atoms with Gasteiger partial charge in [-0.05, 0) is 154 Å². The number of nitrogens with two attached hydrogens (primary N) is 3. The second-order valence-corrected chi connectivity index (χ2v) is 34.0. The summed E-state index contributed by atoms with van der Waals surface area (Å²) in [5.41, 5.74) is 14.0. The van der Waals surface area contributed by atoms with Gasteiger partial charge in [-0.15, -0.1) is 0 Å². The fraction of sp³-hybridized carbons (Fsp3) is 0.403. The summed E-state index contributed by atoms with van der Waals surface area (Å²) in [4.78, 5) is 47.5. The maximum absolute atomic E-state index is 14.8. The molecule has 106 heavy (non-hydrogen) atoms. The third kappa shape index (κ3) is 24.4. The second kappa shape index (κ2) is 39.4. The summed E-state index contributed by atoms with van der Waals surface area (Å²) in [5.74, 6) is -5.62. The minimum Gasteiger partial charge on any atom is -1.00 e. The van der Waals surface area contributed by atoms with Gasteiger partial charge >= 0.3 is 138 Å². The number of aliphatic imine (C=N–C) groups is 3. The Kier molecular flexibility index (Phi) is 35.5. The van der Waals surface area contributed by atoms with E-state index in [2.05, 4.69) is 49.8 Å². The van der Waals surface area contributed by atoms with E-state index < -0.39 is 131 Å². The van der Waals surface area contributed by atoms with Gasteiger partial charge in [0.2, 0.25) is 11.8 Å². The molecule has 3 aromatic heterocycles. The van der Waals surface area contributed by atoms with E-state index in [-0.39, 0.29) is 245 Å². The average Bonchev–Trinajstić information content (AvgIpc) is 0.749. The number of sulfone groups is 3. The van der Waals surface area contributed by atoms with E-state index in [1.165, 1.54) is 130 Å². The SMILES string of the molecule is CC1(C)C(N)=N[C@](C)(c2cc(/C=C(\F)c3cnc(Cl)cn3)ccc2F)CS1(=O)=O.C[C@@H](CO)Oc1cnc(/C(F)=C/c2ccc(F)c([C@]3(C)CS(=O)(=O)C(C)(C)C(N)=N3)c2)cn1.C[C@H](O)CO.C[C@H](O)COc1cnc(/C(F)=C/c2ccc(F)c([C@]3(C)CS(=O)(=O)C(C)(C)C(N)=N3)c2)cn1.O=CO[O-].[Cs+].[Cs+].[H-]. The standard InChI is InChI=1S/2C22H26F2N4O4S.C19H19ClF2N4O2S.C3H8O2.CH2O3.2Cs.H/c1-13(29)11-32-19-10-26-18(9-27-19)17(24)8-14-5-6-16(23)15(7-14)22(4)12-33(30,31)21(2,3)20(25)28-22;1-13(11-29)32-19-10-26-18(9-27-19)17(24)8-14-5-6-16(23)15(7-14)22(4)12-33(30,31)21(2,3)20(25)28-22;1-18(2)17(23)26-19(3,10-29(18,27)28)12-6-11(4-5-13(12)21)7-14(22)15-8-25-16(20)9-24-15;1-3(5)2-4;2-1-4-3;;;/h2*5-10,13,29H,11-12H2,1-4H3,(H2,25,28);4-9H,10H2,1-3H3,(H2,23,26);3-5H,2H2,1H3;1,3H;;;/q;;;;;2*+1;-1/p-1/b2*17-8-;14-7-;;;;;/t2*13-,22-;19-;3-;;;;/m0000..../s1.